The lowest BCUT2D eigenvalue weighted by atomic mass is 9.79. The SMILES string of the molecule is COc1ccc(C2CC(OC(C)=O)CCC2NOC(=O)c2cccnc2)cc1OCC(F)F. The number of benzene rings is 1. The normalized spacial score (nSPS) is 20.2. The molecule has 1 aromatic carbocycles. The molecule has 3 unspecified atom stereocenters. The minimum atomic E-state index is -2.64. The number of halogens is 2. The van der Waals surface area contributed by atoms with Crippen molar-refractivity contribution in [2.45, 2.75) is 50.7 Å². The van der Waals surface area contributed by atoms with Crippen LogP contribution in [0.1, 0.15) is 48.0 Å². The summed E-state index contributed by atoms with van der Waals surface area (Å²) in [5.74, 6) is -0.733. The molecule has 1 saturated carbocycles. The molecule has 33 heavy (non-hydrogen) atoms. The Kier molecular flexibility index (Phi) is 8.53. The van der Waals surface area contributed by atoms with Crippen LogP contribution in [0.5, 0.6) is 11.5 Å². The molecular formula is C23H26F2N2O6. The van der Waals surface area contributed by atoms with E-state index < -0.39 is 19.0 Å². The predicted octanol–water partition coefficient (Wildman–Crippen LogP) is 3.66. The van der Waals surface area contributed by atoms with Crippen LogP contribution in [-0.4, -0.2) is 49.2 Å². The van der Waals surface area contributed by atoms with Gasteiger partial charge in [0.25, 0.3) is 6.43 Å². The Hall–Kier alpha value is -3.27. The van der Waals surface area contributed by atoms with Crippen molar-refractivity contribution in [1.82, 2.24) is 10.5 Å². The number of nitrogens with zero attached hydrogens (tertiary/aromatic N) is 1. The van der Waals surface area contributed by atoms with Crippen LogP contribution in [0.25, 0.3) is 0 Å². The molecule has 3 atom stereocenters. The average Bonchev–Trinajstić information content (AvgIpc) is 2.81. The first-order valence-corrected chi connectivity index (χ1v) is 10.5. The van der Waals surface area contributed by atoms with E-state index in [0.29, 0.717) is 30.6 Å². The number of esters is 1. The Morgan fingerprint density at radius 1 is 1.21 bits per heavy atom. The highest BCUT2D eigenvalue weighted by molar-refractivity contribution is 5.88. The van der Waals surface area contributed by atoms with Crippen molar-refractivity contribution in [3.8, 4) is 11.5 Å². The molecule has 1 N–H and O–H groups in total. The molecule has 0 amide bonds. The number of ether oxygens (including phenoxy) is 3. The van der Waals surface area contributed by atoms with E-state index in [1.807, 2.05) is 0 Å². The summed E-state index contributed by atoms with van der Waals surface area (Å²) < 4.78 is 41.2. The number of methoxy groups -OCH3 is 1. The third-order valence-corrected chi connectivity index (χ3v) is 5.32. The first-order chi connectivity index (χ1) is 15.9. The maximum absolute atomic E-state index is 12.7. The van der Waals surface area contributed by atoms with Crippen molar-refractivity contribution in [1.29, 1.82) is 0 Å². The Morgan fingerprint density at radius 3 is 2.70 bits per heavy atom. The van der Waals surface area contributed by atoms with Gasteiger partial charge in [-0.15, -0.1) is 5.48 Å². The zero-order valence-corrected chi connectivity index (χ0v) is 18.3. The lowest BCUT2D eigenvalue weighted by Crippen LogP contribution is -2.42. The quantitative estimate of drug-likeness (QED) is 0.444. The summed E-state index contributed by atoms with van der Waals surface area (Å²) in [6, 6.07) is 7.94. The maximum atomic E-state index is 12.7. The molecule has 2 aromatic rings. The number of aromatic nitrogens is 1. The summed E-state index contributed by atoms with van der Waals surface area (Å²) in [6.45, 7) is 0.573. The molecule has 3 rings (SSSR count). The van der Waals surface area contributed by atoms with Gasteiger partial charge in [-0.2, -0.15) is 0 Å². The van der Waals surface area contributed by atoms with Crippen molar-refractivity contribution >= 4 is 11.9 Å². The Balaban J connectivity index is 1.80. The Labute approximate surface area is 190 Å². The third kappa shape index (κ3) is 6.85. The first kappa shape index (κ1) is 24.4. The molecule has 0 aliphatic heterocycles. The highest BCUT2D eigenvalue weighted by Crippen LogP contribution is 2.39. The molecule has 1 fully saturated rings. The van der Waals surface area contributed by atoms with Gasteiger partial charge in [-0.25, -0.2) is 13.6 Å². The van der Waals surface area contributed by atoms with Crippen LogP contribution in [0.4, 0.5) is 8.78 Å². The number of hydrogen-bond acceptors (Lipinski definition) is 8. The second kappa shape index (κ2) is 11.6. The summed E-state index contributed by atoms with van der Waals surface area (Å²) in [5.41, 5.74) is 3.87. The van der Waals surface area contributed by atoms with Crippen LogP contribution in [0, 0.1) is 0 Å². The third-order valence-electron chi connectivity index (χ3n) is 5.32. The molecule has 1 heterocycles. The predicted molar refractivity (Wildman–Crippen MR) is 113 cm³/mol. The summed E-state index contributed by atoms with van der Waals surface area (Å²) >= 11 is 0. The summed E-state index contributed by atoms with van der Waals surface area (Å²) in [7, 11) is 1.42. The van der Waals surface area contributed by atoms with E-state index in [1.54, 1.807) is 36.5 Å². The number of hydroxylamine groups is 1. The average molecular weight is 464 g/mol. The van der Waals surface area contributed by atoms with Gasteiger partial charge in [-0.05, 0) is 49.1 Å². The number of carbonyl (C=O) groups is 2. The van der Waals surface area contributed by atoms with Crippen LogP contribution < -0.4 is 15.0 Å². The van der Waals surface area contributed by atoms with E-state index in [4.69, 9.17) is 19.0 Å². The van der Waals surface area contributed by atoms with Gasteiger partial charge in [0.2, 0.25) is 0 Å². The molecule has 8 nitrogen and oxygen atoms in total. The van der Waals surface area contributed by atoms with E-state index in [0.717, 1.165) is 5.56 Å². The van der Waals surface area contributed by atoms with Gasteiger partial charge in [0, 0.05) is 25.2 Å². The number of alkyl halides is 2. The van der Waals surface area contributed by atoms with Crippen LogP contribution in [0.3, 0.4) is 0 Å². The number of pyridine rings is 1. The van der Waals surface area contributed by atoms with Crippen LogP contribution in [-0.2, 0) is 14.4 Å². The van der Waals surface area contributed by atoms with Gasteiger partial charge >= 0.3 is 11.9 Å². The molecule has 1 aliphatic rings. The molecule has 1 aliphatic carbocycles. The van der Waals surface area contributed by atoms with Gasteiger partial charge in [0.1, 0.15) is 12.7 Å². The smallest absolute Gasteiger partial charge is 0.358 e. The number of hydrogen-bond donors (Lipinski definition) is 1. The van der Waals surface area contributed by atoms with Gasteiger partial charge in [-0.1, -0.05) is 6.07 Å². The lowest BCUT2D eigenvalue weighted by molar-refractivity contribution is -0.148. The summed E-state index contributed by atoms with van der Waals surface area (Å²) in [6.07, 6.45) is 1.55. The van der Waals surface area contributed by atoms with Gasteiger partial charge in [-0.3, -0.25) is 9.78 Å². The summed E-state index contributed by atoms with van der Waals surface area (Å²) in [5, 5.41) is 0. The van der Waals surface area contributed by atoms with E-state index in [-0.39, 0.29) is 29.8 Å². The second-order valence-electron chi connectivity index (χ2n) is 7.62. The van der Waals surface area contributed by atoms with Crippen LogP contribution in [0.15, 0.2) is 42.7 Å². The van der Waals surface area contributed by atoms with E-state index >= 15 is 0 Å². The van der Waals surface area contributed by atoms with Gasteiger partial charge in [0.15, 0.2) is 11.5 Å². The lowest BCUT2D eigenvalue weighted by Gasteiger charge is -2.36. The standard InChI is InChI=1S/C23H26F2N2O6/c1-14(28)32-17-6-7-19(27-33-23(29)16-4-3-9-26-12-16)18(11-17)15-5-8-20(30-2)21(10-15)31-13-22(24)25/h3-5,8-10,12,17-19,22,27H,6-7,11,13H2,1-2H3. The Bertz CT molecular complexity index is 944. The Morgan fingerprint density at radius 2 is 2.03 bits per heavy atom. The molecule has 0 saturated heterocycles. The van der Waals surface area contributed by atoms with E-state index in [9.17, 15) is 18.4 Å². The molecule has 0 spiro atoms. The fourth-order valence-electron chi connectivity index (χ4n) is 3.84. The first-order valence-electron chi connectivity index (χ1n) is 10.5. The van der Waals surface area contributed by atoms with Gasteiger partial charge in [0.05, 0.1) is 18.7 Å². The molecule has 0 radical (unpaired) electrons. The molecular weight excluding hydrogens is 438 g/mol. The number of nitrogens with one attached hydrogen (secondary N) is 1. The topological polar surface area (TPSA) is 96.0 Å². The van der Waals surface area contributed by atoms with Crippen molar-refractivity contribution in [3.05, 3.63) is 53.9 Å². The monoisotopic (exact) mass is 464 g/mol. The maximum Gasteiger partial charge on any atom is 0.358 e. The molecule has 10 heteroatoms. The zero-order chi connectivity index (χ0) is 23.8. The minimum Gasteiger partial charge on any atom is -0.493 e. The zero-order valence-electron chi connectivity index (χ0n) is 18.3. The van der Waals surface area contributed by atoms with Crippen LogP contribution in [0.2, 0.25) is 0 Å². The van der Waals surface area contributed by atoms with Crippen molar-refractivity contribution < 1.29 is 37.4 Å². The molecule has 1 aromatic heterocycles. The largest absolute Gasteiger partial charge is 0.493 e. The highest BCUT2D eigenvalue weighted by Gasteiger charge is 2.34. The summed E-state index contributed by atoms with van der Waals surface area (Å²) in [4.78, 5) is 33.0. The van der Waals surface area contributed by atoms with Crippen molar-refractivity contribution in [2.24, 2.45) is 0 Å². The fraction of sp³-hybridized carbons (Fsp3) is 0.435. The van der Waals surface area contributed by atoms with Crippen molar-refractivity contribution in [2.75, 3.05) is 13.7 Å². The minimum absolute atomic E-state index is 0.177. The molecule has 0 bridgehead atoms. The van der Waals surface area contributed by atoms with Gasteiger partial charge < -0.3 is 19.0 Å². The number of carbonyl (C=O) groups excluding carboxylic acids is 2. The van der Waals surface area contributed by atoms with Crippen molar-refractivity contribution in [3.63, 3.8) is 0 Å². The highest BCUT2D eigenvalue weighted by atomic mass is 19.3. The second-order valence-corrected chi connectivity index (χ2v) is 7.62. The van der Waals surface area contributed by atoms with E-state index in [2.05, 4.69) is 10.5 Å². The van der Waals surface area contributed by atoms with Crippen LogP contribution >= 0.6 is 0 Å². The number of rotatable bonds is 9. The van der Waals surface area contributed by atoms with E-state index in [1.165, 1.54) is 20.2 Å². The molecule has 178 valence electrons. The fourth-order valence-corrected chi connectivity index (χ4v) is 3.84.